The Hall–Kier alpha value is -1.66. The molecule has 2 rings (SSSR count). The number of benzene rings is 1. The van der Waals surface area contributed by atoms with Crippen LogP contribution in [0.4, 0.5) is 0 Å². The van der Waals surface area contributed by atoms with Crippen LogP contribution in [0, 0.1) is 6.92 Å². The molecule has 23 heavy (non-hydrogen) atoms. The molecule has 1 aliphatic heterocycles. The van der Waals surface area contributed by atoms with E-state index in [1.54, 1.807) is 30.3 Å². The third kappa shape index (κ3) is 4.20. The van der Waals surface area contributed by atoms with E-state index in [4.69, 9.17) is 0 Å². The zero-order valence-corrected chi connectivity index (χ0v) is 14.7. The van der Waals surface area contributed by atoms with E-state index in [0.29, 0.717) is 23.4 Å². The lowest BCUT2D eigenvalue weighted by Gasteiger charge is -2.26. The van der Waals surface area contributed by atoms with Crippen LogP contribution in [0.2, 0.25) is 0 Å². The van der Waals surface area contributed by atoms with Crippen LogP contribution in [0.3, 0.4) is 0 Å². The quantitative estimate of drug-likeness (QED) is 0.897. The number of hydrogen-bond donors (Lipinski definition) is 1. The van der Waals surface area contributed by atoms with E-state index < -0.39 is 10.0 Å². The van der Waals surface area contributed by atoms with Crippen LogP contribution in [-0.2, 0) is 14.8 Å². The molecule has 1 aromatic carbocycles. The number of nitrogens with one attached hydrogen (secondary N) is 1. The monoisotopic (exact) mass is 336 g/mol. The molecule has 0 aliphatic carbocycles. The van der Waals surface area contributed by atoms with Crippen LogP contribution >= 0.6 is 0 Å². The minimum absolute atomic E-state index is 0.0910. The van der Waals surface area contributed by atoms with E-state index >= 15 is 0 Å². The van der Waals surface area contributed by atoms with Crippen molar-refractivity contribution >= 4 is 15.9 Å². The predicted molar refractivity (Wildman–Crippen MR) is 90.5 cm³/mol. The summed E-state index contributed by atoms with van der Waals surface area (Å²) in [4.78, 5) is 12.4. The highest BCUT2D eigenvalue weighted by molar-refractivity contribution is 7.89. The van der Waals surface area contributed by atoms with Crippen molar-refractivity contribution in [3.05, 3.63) is 41.5 Å². The van der Waals surface area contributed by atoms with Crippen molar-refractivity contribution in [3.8, 4) is 0 Å². The van der Waals surface area contributed by atoms with E-state index in [1.807, 2.05) is 20.8 Å². The molecular weight excluding hydrogens is 312 g/mol. The standard InChI is InChI=1S/C17H24N2O3S/c1-4-14(3)18-17(20)15-9-11-19(12-10-15)23(21,22)16-7-5-13(2)6-8-16/h5-9,14H,4,10-12H2,1-3H3,(H,18,20)/t14-/m1/s1. The Labute approximate surface area is 138 Å². The summed E-state index contributed by atoms with van der Waals surface area (Å²) in [7, 11) is -3.50. The molecule has 1 atom stereocenters. The fraction of sp³-hybridized carbons (Fsp3) is 0.471. The first-order valence-corrected chi connectivity index (χ1v) is 9.35. The van der Waals surface area contributed by atoms with Gasteiger partial charge in [0, 0.05) is 24.7 Å². The fourth-order valence-electron chi connectivity index (χ4n) is 2.35. The van der Waals surface area contributed by atoms with Crippen molar-refractivity contribution < 1.29 is 13.2 Å². The molecule has 0 fully saturated rings. The van der Waals surface area contributed by atoms with Crippen LogP contribution in [0.1, 0.15) is 32.3 Å². The Balaban J connectivity index is 2.08. The van der Waals surface area contributed by atoms with E-state index in [1.165, 1.54) is 4.31 Å². The lowest BCUT2D eigenvalue weighted by atomic mass is 10.1. The first kappa shape index (κ1) is 17.7. The number of hydrogen-bond acceptors (Lipinski definition) is 3. The van der Waals surface area contributed by atoms with Crippen LogP contribution < -0.4 is 5.32 Å². The Bertz CT molecular complexity index is 693. The van der Waals surface area contributed by atoms with Gasteiger partial charge in [0.2, 0.25) is 15.9 Å². The maximum Gasteiger partial charge on any atom is 0.247 e. The van der Waals surface area contributed by atoms with Gasteiger partial charge >= 0.3 is 0 Å². The molecule has 1 amide bonds. The van der Waals surface area contributed by atoms with Gasteiger partial charge in [0.1, 0.15) is 0 Å². The van der Waals surface area contributed by atoms with Crippen LogP contribution in [-0.4, -0.2) is 37.8 Å². The van der Waals surface area contributed by atoms with Gasteiger partial charge in [0.25, 0.3) is 0 Å². The molecule has 1 aromatic rings. The van der Waals surface area contributed by atoms with Crippen LogP contribution in [0.25, 0.3) is 0 Å². The Kier molecular flexibility index (Phi) is 5.59. The summed E-state index contributed by atoms with van der Waals surface area (Å²) in [6, 6.07) is 6.95. The number of nitrogens with zero attached hydrogens (tertiary/aromatic N) is 1. The second-order valence-corrected chi connectivity index (χ2v) is 7.88. The highest BCUT2D eigenvalue weighted by Gasteiger charge is 2.27. The zero-order valence-electron chi connectivity index (χ0n) is 13.9. The average molecular weight is 336 g/mol. The fourth-order valence-corrected chi connectivity index (χ4v) is 3.73. The molecule has 0 saturated heterocycles. The molecule has 126 valence electrons. The lowest BCUT2D eigenvalue weighted by molar-refractivity contribution is -0.118. The maximum atomic E-state index is 12.6. The highest BCUT2D eigenvalue weighted by atomic mass is 32.2. The van der Waals surface area contributed by atoms with Crippen molar-refractivity contribution in [1.29, 1.82) is 0 Å². The molecule has 1 N–H and O–H groups in total. The summed E-state index contributed by atoms with van der Waals surface area (Å²) >= 11 is 0. The summed E-state index contributed by atoms with van der Waals surface area (Å²) in [5.41, 5.74) is 1.69. The van der Waals surface area contributed by atoms with Gasteiger partial charge in [-0.05, 0) is 38.8 Å². The first-order valence-electron chi connectivity index (χ1n) is 7.91. The van der Waals surface area contributed by atoms with Gasteiger partial charge in [-0.1, -0.05) is 30.7 Å². The normalized spacial score (nSPS) is 17.4. The number of carbonyl (C=O) groups excluding carboxylic acids is 1. The number of rotatable bonds is 5. The van der Waals surface area contributed by atoms with E-state index in [2.05, 4.69) is 5.32 Å². The van der Waals surface area contributed by atoms with Gasteiger partial charge in [-0.3, -0.25) is 4.79 Å². The summed E-state index contributed by atoms with van der Waals surface area (Å²) in [5.74, 6) is -0.0910. The summed E-state index contributed by atoms with van der Waals surface area (Å²) < 4.78 is 26.6. The lowest BCUT2D eigenvalue weighted by Crippen LogP contribution is -2.39. The molecule has 1 heterocycles. The third-order valence-corrected chi connectivity index (χ3v) is 5.99. The average Bonchev–Trinajstić information content (AvgIpc) is 2.55. The van der Waals surface area contributed by atoms with Gasteiger partial charge in [-0.2, -0.15) is 4.31 Å². The largest absolute Gasteiger partial charge is 0.350 e. The summed E-state index contributed by atoms with van der Waals surface area (Å²) in [5, 5.41) is 2.92. The van der Waals surface area contributed by atoms with Crippen molar-refractivity contribution in [3.63, 3.8) is 0 Å². The third-order valence-electron chi connectivity index (χ3n) is 4.11. The van der Waals surface area contributed by atoms with Crippen molar-refractivity contribution in [2.75, 3.05) is 13.1 Å². The molecule has 6 heteroatoms. The zero-order chi connectivity index (χ0) is 17.0. The number of carbonyl (C=O) groups is 1. The van der Waals surface area contributed by atoms with Crippen LogP contribution in [0.15, 0.2) is 40.8 Å². The molecule has 1 aliphatic rings. The van der Waals surface area contributed by atoms with Crippen LogP contribution in [0.5, 0.6) is 0 Å². The second kappa shape index (κ2) is 7.27. The van der Waals surface area contributed by atoms with Gasteiger partial charge in [0.15, 0.2) is 0 Å². The van der Waals surface area contributed by atoms with Gasteiger partial charge < -0.3 is 5.32 Å². The number of aryl methyl sites for hydroxylation is 1. The Morgan fingerprint density at radius 3 is 2.48 bits per heavy atom. The van der Waals surface area contributed by atoms with E-state index in [9.17, 15) is 13.2 Å². The molecule has 0 spiro atoms. The minimum atomic E-state index is -3.50. The Morgan fingerprint density at radius 2 is 1.96 bits per heavy atom. The Morgan fingerprint density at radius 1 is 1.30 bits per heavy atom. The maximum absolute atomic E-state index is 12.6. The molecule has 0 radical (unpaired) electrons. The molecule has 0 bridgehead atoms. The molecule has 0 aromatic heterocycles. The number of amides is 1. The minimum Gasteiger partial charge on any atom is -0.350 e. The van der Waals surface area contributed by atoms with E-state index in [-0.39, 0.29) is 18.5 Å². The number of sulfonamides is 1. The second-order valence-electron chi connectivity index (χ2n) is 5.94. The van der Waals surface area contributed by atoms with Crippen molar-refractivity contribution in [2.24, 2.45) is 0 Å². The molecule has 5 nitrogen and oxygen atoms in total. The van der Waals surface area contributed by atoms with Crippen molar-refractivity contribution in [1.82, 2.24) is 9.62 Å². The molecular formula is C17H24N2O3S. The first-order chi connectivity index (χ1) is 10.8. The van der Waals surface area contributed by atoms with Gasteiger partial charge in [0.05, 0.1) is 4.90 Å². The summed E-state index contributed by atoms with van der Waals surface area (Å²) in [6.07, 6.45) is 3.02. The van der Waals surface area contributed by atoms with Gasteiger partial charge in [-0.15, -0.1) is 0 Å². The van der Waals surface area contributed by atoms with E-state index in [0.717, 1.165) is 12.0 Å². The topological polar surface area (TPSA) is 66.5 Å². The van der Waals surface area contributed by atoms with Crippen molar-refractivity contribution in [2.45, 2.75) is 44.6 Å². The summed E-state index contributed by atoms with van der Waals surface area (Å²) in [6.45, 7) is 6.45. The smallest absolute Gasteiger partial charge is 0.247 e. The SMILES string of the molecule is CC[C@@H](C)NC(=O)C1=CCN(S(=O)(=O)c2ccc(C)cc2)CC1. The highest BCUT2D eigenvalue weighted by Crippen LogP contribution is 2.21. The van der Waals surface area contributed by atoms with Gasteiger partial charge in [-0.25, -0.2) is 8.42 Å². The molecule has 0 saturated carbocycles. The predicted octanol–water partition coefficient (Wildman–Crippen LogP) is 2.23. The molecule has 0 unspecified atom stereocenters.